The highest BCUT2D eigenvalue weighted by Crippen LogP contribution is 2.35. The van der Waals surface area contributed by atoms with Crippen molar-refractivity contribution in [2.75, 3.05) is 0 Å². The number of hydrogen-bond donors (Lipinski definition) is 1. The van der Waals surface area contributed by atoms with Crippen molar-refractivity contribution in [3.63, 3.8) is 0 Å². The average molecular weight is 385 g/mol. The number of alkyl halides is 3. The fourth-order valence-electron chi connectivity index (χ4n) is 3.29. The fourth-order valence-corrected chi connectivity index (χ4v) is 3.94. The molecule has 2 aromatic heterocycles. The van der Waals surface area contributed by atoms with Gasteiger partial charge >= 0.3 is 6.18 Å². The van der Waals surface area contributed by atoms with E-state index in [0.29, 0.717) is 43.6 Å². The minimum Gasteiger partial charge on any atom is -0.351 e. The molecule has 0 aromatic carbocycles. The van der Waals surface area contributed by atoms with Crippen LogP contribution in [0.1, 0.15) is 48.0 Å². The molecule has 0 saturated carbocycles. The lowest BCUT2D eigenvalue weighted by molar-refractivity contribution is -0.142. The van der Waals surface area contributed by atoms with Crippen molar-refractivity contribution in [3.05, 3.63) is 39.3 Å². The molecule has 1 aliphatic rings. The van der Waals surface area contributed by atoms with Crippen molar-refractivity contribution < 1.29 is 18.0 Å². The Morgan fingerprint density at radius 2 is 2.15 bits per heavy atom. The zero-order valence-corrected chi connectivity index (χ0v) is 15.4. The molecule has 1 atom stereocenters. The summed E-state index contributed by atoms with van der Waals surface area (Å²) in [6, 6.07) is 3.87. The summed E-state index contributed by atoms with van der Waals surface area (Å²) in [6.07, 6.45) is -1.26. The van der Waals surface area contributed by atoms with Crippen molar-refractivity contribution in [2.45, 2.75) is 58.3 Å². The van der Waals surface area contributed by atoms with Gasteiger partial charge in [0.2, 0.25) is 5.91 Å². The molecular weight excluding hydrogens is 363 g/mol. The molecule has 1 N–H and O–H groups in total. The van der Waals surface area contributed by atoms with Crippen LogP contribution in [0.3, 0.4) is 0 Å². The first kappa shape index (κ1) is 18.9. The summed E-state index contributed by atoms with van der Waals surface area (Å²) < 4.78 is 41.1. The second-order valence-corrected chi connectivity index (χ2v) is 7.72. The average Bonchev–Trinajstić information content (AvgIpc) is 3.24. The number of thiophene rings is 1. The number of aryl methyl sites for hydroxylation is 1. The molecule has 2 aromatic rings. The molecule has 1 aliphatic carbocycles. The standard InChI is InChI=1S/C18H22F3N3OS/c1-12(17(25)22-11-13-5-4-10-26-13)8-9-24-15-7-3-2-6-14(15)16(23-24)18(19,20)21/h4-5,10,12H,2-3,6-9,11H2,1H3,(H,22,25). The minimum atomic E-state index is -4.42. The predicted octanol–water partition coefficient (Wildman–Crippen LogP) is 4.18. The normalized spacial score (nSPS) is 15.5. The topological polar surface area (TPSA) is 46.9 Å². The van der Waals surface area contributed by atoms with Gasteiger partial charge in [-0.25, -0.2) is 0 Å². The predicted molar refractivity (Wildman–Crippen MR) is 93.8 cm³/mol. The number of nitrogens with zero attached hydrogens (tertiary/aromatic N) is 2. The molecule has 4 nitrogen and oxygen atoms in total. The fraction of sp³-hybridized carbons (Fsp3) is 0.556. The van der Waals surface area contributed by atoms with Crippen molar-refractivity contribution >= 4 is 17.2 Å². The summed E-state index contributed by atoms with van der Waals surface area (Å²) in [5.41, 5.74) is 0.287. The Bertz CT molecular complexity index is 753. The van der Waals surface area contributed by atoms with Crippen LogP contribution in [0, 0.1) is 5.92 Å². The van der Waals surface area contributed by atoms with Crippen LogP contribution in [-0.4, -0.2) is 15.7 Å². The van der Waals surface area contributed by atoms with Gasteiger partial charge in [0, 0.05) is 28.6 Å². The zero-order valence-electron chi connectivity index (χ0n) is 14.6. The molecule has 142 valence electrons. The van der Waals surface area contributed by atoms with Crippen LogP contribution in [0.5, 0.6) is 0 Å². The smallest absolute Gasteiger partial charge is 0.351 e. The number of nitrogens with one attached hydrogen (secondary N) is 1. The van der Waals surface area contributed by atoms with Gasteiger partial charge < -0.3 is 5.32 Å². The highest BCUT2D eigenvalue weighted by Gasteiger charge is 2.39. The molecule has 0 fully saturated rings. The van der Waals surface area contributed by atoms with Crippen LogP contribution < -0.4 is 5.32 Å². The molecular formula is C18H22F3N3OS. The van der Waals surface area contributed by atoms with Crippen LogP contribution in [-0.2, 0) is 36.9 Å². The number of hydrogen-bond acceptors (Lipinski definition) is 3. The van der Waals surface area contributed by atoms with E-state index < -0.39 is 11.9 Å². The summed E-state index contributed by atoms with van der Waals surface area (Å²) in [5, 5.41) is 8.67. The number of carbonyl (C=O) groups excluding carboxylic acids is 1. The van der Waals surface area contributed by atoms with Crippen LogP contribution in [0.15, 0.2) is 17.5 Å². The minimum absolute atomic E-state index is 0.0875. The van der Waals surface area contributed by atoms with E-state index >= 15 is 0 Å². The van der Waals surface area contributed by atoms with Crippen LogP contribution in [0.25, 0.3) is 0 Å². The third-order valence-electron chi connectivity index (χ3n) is 4.76. The molecule has 0 bridgehead atoms. The molecule has 0 aliphatic heterocycles. The second-order valence-electron chi connectivity index (χ2n) is 6.69. The van der Waals surface area contributed by atoms with Crippen molar-refractivity contribution in [1.82, 2.24) is 15.1 Å². The maximum Gasteiger partial charge on any atom is 0.435 e. The largest absolute Gasteiger partial charge is 0.435 e. The zero-order chi connectivity index (χ0) is 18.7. The quantitative estimate of drug-likeness (QED) is 0.811. The molecule has 2 heterocycles. The van der Waals surface area contributed by atoms with E-state index in [2.05, 4.69) is 10.4 Å². The van der Waals surface area contributed by atoms with Gasteiger partial charge in [0.15, 0.2) is 5.69 Å². The summed E-state index contributed by atoms with van der Waals surface area (Å²) in [5.74, 6) is -0.372. The molecule has 0 spiro atoms. The number of aromatic nitrogens is 2. The molecule has 0 saturated heterocycles. The Kier molecular flexibility index (Phi) is 5.70. The Morgan fingerprint density at radius 1 is 1.38 bits per heavy atom. The van der Waals surface area contributed by atoms with Crippen molar-refractivity contribution in [3.8, 4) is 0 Å². The van der Waals surface area contributed by atoms with E-state index in [1.165, 1.54) is 4.68 Å². The van der Waals surface area contributed by atoms with Crippen molar-refractivity contribution in [1.29, 1.82) is 0 Å². The summed E-state index contributed by atoms with van der Waals surface area (Å²) in [7, 11) is 0. The molecule has 1 unspecified atom stereocenters. The van der Waals surface area contributed by atoms with E-state index in [9.17, 15) is 18.0 Å². The Hall–Kier alpha value is -1.83. The Labute approximate surface area is 154 Å². The summed E-state index contributed by atoms with van der Waals surface area (Å²) >= 11 is 1.57. The van der Waals surface area contributed by atoms with E-state index in [4.69, 9.17) is 0 Å². The van der Waals surface area contributed by atoms with Crippen LogP contribution in [0.4, 0.5) is 13.2 Å². The Balaban J connectivity index is 1.62. The maximum atomic E-state index is 13.2. The number of halogens is 3. The third-order valence-corrected chi connectivity index (χ3v) is 5.64. The lowest BCUT2D eigenvalue weighted by Crippen LogP contribution is -2.29. The van der Waals surface area contributed by atoms with E-state index in [1.54, 1.807) is 18.3 Å². The molecule has 8 heteroatoms. The maximum absolute atomic E-state index is 13.2. The van der Waals surface area contributed by atoms with Crippen molar-refractivity contribution in [2.24, 2.45) is 5.92 Å². The summed E-state index contributed by atoms with van der Waals surface area (Å²) in [6.45, 7) is 2.60. The van der Waals surface area contributed by atoms with Gasteiger partial charge in [-0.2, -0.15) is 18.3 Å². The number of carbonyl (C=O) groups is 1. The molecule has 26 heavy (non-hydrogen) atoms. The van der Waals surface area contributed by atoms with Gasteiger partial charge in [0.25, 0.3) is 0 Å². The van der Waals surface area contributed by atoms with Crippen LogP contribution in [0.2, 0.25) is 0 Å². The molecule has 0 radical (unpaired) electrons. The third kappa shape index (κ3) is 4.28. The van der Waals surface area contributed by atoms with Gasteiger partial charge in [-0.1, -0.05) is 13.0 Å². The monoisotopic (exact) mass is 385 g/mol. The highest BCUT2D eigenvalue weighted by atomic mass is 32.1. The number of fused-ring (bicyclic) bond motifs is 1. The second kappa shape index (κ2) is 7.82. The first-order valence-electron chi connectivity index (χ1n) is 8.82. The number of amides is 1. The summed E-state index contributed by atoms with van der Waals surface area (Å²) in [4.78, 5) is 13.3. The SMILES string of the molecule is CC(CCn1nc(C(F)(F)F)c2c1CCCC2)C(=O)NCc1cccs1. The van der Waals surface area contributed by atoms with E-state index in [-0.39, 0.29) is 11.8 Å². The first-order valence-corrected chi connectivity index (χ1v) is 9.70. The highest BCUT2D eigenvalue weighted by molar-refractivity contribution is 7.09. The molecule has 3 rings (SSSR count). The van der Waals surface area contributed by atoms with E-state index in [0.717, 1.165) is 17.7 Å². The first-order chi connectivity index (χ1) is 12.4. The van der Waals surface area contributed by atoms with Crippen LogP contribution >= 0.6 is 11.3 Å². The van der Waals surface area contributed by atoms with Gasteiger partial charge in [-0.3, -0.25) is 9.48 Å². The lowest BCUT2D eigenvalue weighted by atomic mass is 9.95. The number of rotatable bonds is 6. The lowest BCUT2D eigenvalue weighted by Gasteiger charge is -2.16. The Morgan fingerprint density at radius 3 is 2.85 bits per heavy atom. The van der Waals surface area contributed by atoms with Gasteiger partial charge in [0.05, 0.1) is 6.54 Å². The molecule has 1 amide bonds. The van der Waals surface area contributed by atoms with Gasteiger partial charge in [0.1, 0.15) is 0 Å². The van der Waals surface area contributed by atoms with E-state index in [1.807, 2.05) is 17.5 Å². The van der Waals surface area contributed by atoms with Gasteiger partial charge in [-0.05, 0) is 43.6 Å². The van der Waals surface area contributed by atoms with Gasteiger partial charge in [-0.15, -0.1) is 11.3 Å².